The molecular formula is C9H12N6OS2. The van der Waals surface area contributed by atoms with Crippen LogP contribution in [-0.4, -0.2) is 34.7 Å². The van der Waals surface area contributed by atoms with Crippen LogP contribution in [0.25, 0.3) is 0 Å². The van der Waals surface area contributed by atoms with Gasteiger partial charge in [-0.1, -0.05) is 4.49 Å². The highest BCUT2D eigenvalue weighted by molar-refractivity contribution is 7.13. The summed E-state index contributed by atoms with van der Waals surface area (Å²) in [7, 11) is 3.86. The fraction of sp³-hybridized carbons (Fsp3) is 0.333. The summed E-state index contributed by atoms with van der Waals surface area (Å²) in [4.78, 5) is 17.8. The average molecular weight is 284 g/mol. The van der Waals surface area contributed by atoms with Crippen molar-refractivity contribution in [2.24, 2.45) is 0 Å². The third-order valence-corrected chi connectivity index (χ3v) is 3.59. The van der Waals surface area contributed by atoms with Gasteiger partial charge >= 0.3 is 6.03 Å². The van der Waals surface area contributed by atoms with E-state index in [1.165, 1.54) is 17.5 Å². The number of hydrogen-bond acceptors (Lipinski definition) is 7. The van der Waals surface area contributed by atoms with Crippen LogP contribution in [0.4, 0.5) is 14.9 Å². The van der Waals surface area contributed by atoms with Crippen molar-refractivity contribution in [3.8, 4) is 0 Å². The number of rotatable bonds is 4. The van der Waals surface area contributed by atoms with Crippen LogP contribution in [0.3, 0.4) is 0 Å². The van der Waals surface area contributed by atoms with E-state index >= 15 is 0 Å². The Kier molecular flexibility index (Phi) is 4.05. The Bertz CT molecular complexity index is 509. The molecule has 18 heavy (non-hydrogen) atoms. The zero-order valence-corrected chi connectivity index (χ0v) is 11.5. The first-order valence-corrected chi connectivity index (χ1v) is 6.74. The number of amides is 2. The highest BCUT2D eigenvalue weighted by Crippen LogP contribution is 2.17. The molecule has 0 radical (unpaired) electrons. The lowest BCUT2D eigenvalue weighted by molar-refractivity contribution is 0.251. The summed E-state index contributed by atoms with van der Waals surface area (Å²) in [5, 5.41) is 12.4. The number of urea groups is 1. The smallest absolute Gasteiger partial charge is 0.320 e. The summed E-state index contributed by atoms with van der Waals surface area (Å²) in [6.07, 6.45) is 1.50. The SMILES string of the molecule is CN(C)c1nc(CNC(=O)Nc2cnns2)cs1. The lowest BCUT2D eigenvalue weighted by atomic mass is 10.5. The minimum absolute atomic E-state index is 0.291. The standard InChI is InChI=1S/C9H12N6OS2/c1-15(2)9-12-6(5-17-9)3-10-8(16)13-7-4-11-14-18-7/h4-5H,3H2,1-2H3,(H2,10,13,16). The zero-order valence-electron chi connectivity index (χ0n) is 9.88. The van der Waals surface area contributed by atoms with Crippen LogP contribution < -0.4 is 15.5 Å². The number of aromatic nitrogens is 3. The minimum atomic E-state index is -0.291. The third-order valence-electron chi connectivity index (χ3n) is 1.95. The number of carbonyl (C=O) groups is 1. The molecule has 2 heterocycles. The second-order valence-corrected chi connectivity index (χ2v) is 5.23. The molecule has 7 nitrogen and oxygen atoms in total. The van der Waals surface area contributed by atoms with Gasteiger partial charge in [0.1, 0.15) is 5.00 Å². The molecule has 0 aliphatic heterocycles. The first-order valence-electron chi connectivity index (χ1n) is 5.09. The predicted molar refractivity (Wildman–Crippen MR) is 72.2 cm³/mol. The third kappa shape index (κ3) is 3.37. The molecule has 0 unspecified atom stereocenters. The molecule has 2 N–H and O–H groups in total. The van der Waals surface area contributed by atoms with Crippen LogP contribution in [0, 0.1) is 0 Å². The molecule has 2 rings (SSSR count). The van der Waals surface area contributed by atoms with E-state index in [2.05, 4.69) is 25.2 Å². The van der Waals surface area contributed by atoms with Crippen LogP contribution in [0.1, 0.15) is 5.69 Å². The molecule has 0 aliphatic rings. The molecule has 0 bridgehead atoms. The van der Waals surface area contributed by atoms with Gasteiger partial charge in [0.25, 0.3) is 0 Å². The zero-order chi connectivity index (χ0) is 13.0. The Hall–Kier alpha value is -1.74. The Labute approximate surface area is 112 Å². The van der Waals surface area contributed by atoms with Gasteiger partial charge in [-0.25, -0.2) is 9.78 Å². The van der Waals surface area contributed by atoms with Gasteiger partial charge in [0.2, 0.25) is 0 Å². The monoisotopic (exact) mass is 284 g/mol. The van der Waals surface area contributed by atoms with Crippen molar-refractivity contribution in [2.75, 3.05) is 24.3 Å². The van der Waals surface area contributed by atoms with Crippen LogP contribution in [0.5, 0.6) is 0 Å². The molecule has 0 saturated heterocycles. The Morgan fingerprint density at radius 3 is 2.94 bits per heavy atom. The first kappa shape index (κ1) is 12.7. The Balaban J connectivity index is 1.81. The van der Waals surface area contributed by atoms with Crippen LogP contribution >= 0.6 is 22.9 Å². The summed E-state index contributed by atoms with van der Waals surface area (Å²) in [6, 6.07) is -0.291. The average Bonchev–Trinajstić information content (AvgIpc) is 2.96. The normalized spacial score (nSPS) is 10.1. The molecule has 9 heteroatoms. The van der Waals surface area contributed by atoms with Crippen molar-refractivity contribution in [1.29, 1.82) is 0 Å². The van der Waals surface area contributed by atoms with Crippen molar-refractivity contribution < 1.29 is 4.79 Å². The number of nitrogens with one attached hydrogen (secondary N) is 2. The van der Waals surface area contributed by atoms with Gasteiger partial charge in [0.15, 0.2) is 5.13 Å². The van der Waals surface area contributed by atoms with Gasteiger partial charge in [-0.2, -0.15) is 0 Å². The van der Waals surface area contributed by atoms with Crippen molar-refractivity contribution in [1.82, 2.24) is 19.9 Å². The van der Waals surface area contributed by atoms with Gasteiger partial charge in [-0.05, 0) is 0 Å². The van der Waals surface area contributed by atoms with E-state index in [0.29, 0.717) is 11.5 Å². The molecule has 0 saturated carbocycles. The van der Waals surface area contributed by atoms with Crippen molar-refractivity contribution in [3.05, 3.63) is 17.3 Å². The van der Waals surface area contributed by atoms with Crippen molar-refractivity contribution in [2.45, 2.75) is 6.54 Å². The second-order valence-electron chi connectivity index (χ2n) is 3.61. The van der Waals surface area contributed by atoms with Crippen LogP contribution in [0.2, 0.25) is 0 Å². The summed E-state index contributed by atoms with van der Waals surface area (Å²) >= 11 is 2.67. The maximum Gasteiger partial charge on any atom is 0.320 e. The van der Waals surface area contributed by atoms with Gasteiger partial charge < -0.3 is 10.2 Å². The molecular weight excluding hydrogens is 272 g/mol. The molecule has 0 fully saturated rings. The molecule has 0 aliphatic carbocycles. The van der Waals surface area contributed by atoms with Gasteiger partial charge in [-0.15, -0.1) is 16.4 Å². The molecule has 2 amide bonds. The molecule has 96 valence electrons. The second kappa shape index (κ2) is 5.74. The van der Waals surface area contributed by atoms with E-state index in [0.717, 1.165) is 22.4 Å². The lowest BCUT2D eigenvalue weighted by Gasteiger charge is -2.06. The Morgan fingerprint density at radius 2 is 2.33 bits per heavy atom. The van der Waals surface area contributed by atoms with E-state index in [1.807, 2.05) is 24.4 Å². The summed E-state index contributed by atoms with van der Waals surface area (Å²) in [5.74, 6) is 0. The van der Waals surface area contributed by atoms with E-state index in [-0.39, 0.29) is 6.03 Å². The molecule has 0 spiro atoms. The quantitative estimate of drug-likeness (QED) is 0.886. The number of nitrogens with zero attached hydrogens (tertiary/aromatic N) is 4. The van der Waals surface area contributed by atoms with Crippen LogP contribution in [0.15, 0.2) is 11.6 Å². The first-order chi connectivity index (χ1) is 8.65. The van der Waals surface area contributed by atoms with E-state index in [1.54, 1.807) is 0 Å². The van der Waals surface area contributed by atoms with Crippen LogP contribution in [-0.2, 0) is 6.54 Å². The predicted octanol–water partition coefficient (Wildman–Crippen LogP) is 1.38. The molecule has 2 aromatic heterocycles. The van der Waals surface area contributed by atoms with Gasteiger partial charge in [0.05, 0.1) is 18.4 Å². The molecule has 2 aromatic rings. The topological polar surface area (TPSA) is 83.0 Å². The molecule has 0 aromatic carbocycles. The summed E-state index contributed by atoms with van der Waals surface area (Å²) in [5.41, 5.74) is 0.835. The molecule has 0 atom stereocenters. The van der Waals surface area contributed by atoms with Gasteiger partial charge in [0, 0.05) is 31.0 Å². The number of anilines is 2. The fourth-order valence-corrected chi connectivity index (χ4v) is 2.31. The maximum absolute atomic E-state index is 11.5. The summed E-state index contributed by atoms with van der Waals surface area (Å²) < 4.78 is 3.65. The lowest BCUT2D eigenvalue weighted by Crippen LogP contribution is -2.27. The Morgan fingerprint density at radius 1 is 1.50 bits per heavy atom. The number of hydrogen-bond donors (Lipinski definition) is 2. The largest absolute Gasteiger partial charge is 0.354 e. The van der Waals surface area contributed by atoms with E-state index in [4.69, 9.17) is 0 Å². The van der Waals surface area contributed by atoms with Crippen molar-refractivity contribution in [3.63, 3.8) is 0 Å². The van der Waals surface area contributed by atoms with E-state index < -0.39 is 0 Å². The highest BCUT2D eigenvalue weighted by atomic mass is 32.1. The summed E-state index contributed by atoms with van der Waals surface area (Å²) in [6.45, 7) is 0.391. The fourth-order valence-electron chi connectivity index (χ4n) is 1.13. The maximum atomic E-state index is 11.5. The van der Waals surface area contributed by atoms with Crippen molar-refractivity contribution >= 4 is 39.0 Å². The van der Waals surface area contributed by atoms with E-state index in [9.17, 15) is 4.79 Å². The highest BCUT2D eigenvalue weighted by Gasteiger charge is 2.06. The number of carbonyl (C=O) groups excluding carboxylic acids is 1. The number of thiazole rings is 1. The minimum Gasteiger partial charge on any atom is -0.354 e. The van der Waals surface area contributed by atoms with Gasteiger partial charge in [-0.3, -0.25) is 5.32 Å².